The number of aromatic nitrogens is 1. The lowest BCUT2D eigenvalue weighted by molar-refractivity contribution is 0.471. The summed E-state index contributed by atoms with van der Waals surface area (Å²) in [4.78, 5) is 8.83. The van der Waals surface area contributed by atoms with Crippen LogP contribution in [0.3, 0.4) is 0 Å². The first-order valence-corrected chi connectivity index (χ1v) is 9.50. The van der Waals surface area contributed by atoms with Crippen LogP contribution in [0.25, 0.3) is 22.6 Å². The van der Waals surface area contributed by atoms with E-state index in [0.717, 1.165) is 11.1 Å². The van der Waals surface area contributed by atoms with E-state index in [4.69, 9.17) is 16.0 Å². The Kier molecular flexibility index (Phi) is 4.83. The lowest BCUT2D eigenvalue weighted by Crippen LogP contribution is -1.84. The molecule has 4 aromatic rings. The van der Waals surface area contributed by atoms with Crippen LogP contribution in [0.1, 0.15) is 11.1 Å². The number of phenolic OH excluding ortho intramolecular Hbond substituents is 2. The van der Waals surface area contributed by atoms with E-state index in [-0.39, 0.29) is 11.5 Å². The summed E-state index contributed by atoms with van der Waals surface area (Å²) in [5, 5.41) is 20.8. The third kappa shape index (κ3) is 3.61. The second-order valence-electron chi connectivity index (χ2n) is 6.28. The lowest BCUT2D eigenvalue weighted by atomic mass is 10.1. The Morgan fingerprint density at radius 3 is 2.75 bits per heavy atom. The van der Waals surface area contributed by atoms with Crippen molar-refractivity contribution in [1.29, 1.82) is 0 Å². The molecule has 0 fully saturated rings. The predicted octanol–water partition coefficient (Wildman–Crippen LogP) is 6.38. The van der Waals surface area contributed by atoms with Crippen molar-refractivity contribution in [2.45, 2.75) is 6.92 Å². The first-order valence-electron chi connectivity index (χ1n) is 8.33. The molecule has 0 atom stereocenters. The number of aryl methyl sites for hydroxylation is 1. The molecule has 0 radical (unpaired) electrons. The van der Waals surface area contributed by atoms with Crippen molar-refractivity contribution in [1.82, 2.24) is 4.98 Å². The number of hydrogen-bond donors (Lipinski definition) is 2. The SMILES string of the molecule is Cc1ccc2oc(-c3cc(N=Cc4cc(Cl)cc(Br)c4O)ccc3O)nc2c1. The van der Waals surface area contributed by atoms with Gasteiger partial charge in [0.15, 0.2) is 5.58 Å². The number of benzene rings is 3. The number of oxazole rings is 1. The number of phenols is 2. The zero-order valence-electron chi connectivity index (χ0n) is 14.6. The molecule has 4 rings (SSSR count). The second kappa shape index (κ2) is 7.30. The minimum Gasteiger partial charge on any atom is -0.507 e. The number of aliphatic imine (C=N–C) groups is 1. The topological polar surface area (TPSA) is 78.9 Å². The van der Waals surface area contributed by atoms with Crippen LogP contribution in [0.2, 0.25) is 5.02 Å². The van der Waals surface area contributed by atoms with Gasteiger partial charge in [-0.2, -0.15) is 0 Å². The van der Waals surface area contributed by atoms with E-state index >= 15 is 0 Å². The van der Waals surface area contributed by atoms with E-state index in [9.17, 15) is 10.2 Å². The summed E-state index contributed by atoms with van der Waals surface area (Å²) >= 11 is 9.27. The second-order valence-corrected chi connectivity index (χ2v) is 7.57. The van der Waals surface area contributed by atoms with Crippen molar-refractivity contribution < 1.29 is 14.6 Å². The van der Waals surface area contributed by atoms with Crippen LogP contribution in [-0.4, -0.2) is 21.4 Å². The predicted molar refractivity (Wildman–Crippen MR) is 114 cm³/mol. The lowest BCUT2D eigenvalue weighted by Gasteiger charge is -2.04. The average molecular weight is 458 g/mol. The summed E-state index contributed by atoms with van der Waals surface area (Å²) in [6.45, 7) is 1.98. The quantitative estimate of drug-likeness (QED) is 0.350. The fraction of sp³-hybridized carbons (Fsp3) is 0.0476. The summed E-state index contributed by atoms with van der Waals surface area (Å²) in [7, 11) is 0. The van der Waals surface area contributed by atoms with E-state index in [0.29, 0.717) is 37.8 Å². The summed E-state index contributed by atoms with van der Waals surface area (Å²) < 4.78 is 6.25. The van der Waals surface area contributed by atoms with Crippen LogP contribution in [0.4, 0.5) is 5.69 Å². The first-order chi connectivity index (χ1) is 13.4. The number of halogens is 2. The highest BCUT2D eigenvalue weighted by Gasteiger charge is 2.13. The van der Waals surface area contributed by atoms with Gasteiger partial charge < -0.3 is 14.6 Å². The highest BCUT2D eigenvalue weighted by atomic mass is 79.9. The van der Waals surface area contributed by atoms with E-state index in [1.165, 1.54) is 12.3 Å². The Morgan fingerprint density at radius 1 is 1.11 bits per heavy atom. The molecule has 5 nitrogen and oxygen atoms in total. The molecule has 0 aliphatic rings. The summed E-state index contributed by atoms with van der Waals surface area (Å²) in [5.41, 5.74) is 3.88. The Hall–Kier alpha value is -2.83. The van der Waals surface area contributed by atoms with Crippen LogP contribution >= 0.6 is 27.5 Å². The summed E-state index contributed by atoms with van der Waals surface area (Å²) in [6, 6.07) is 13.8. The third-order valence-electron chi connectivity index (χ3n) is 4.16. The van der Waals surface area contributed by atoms with Gasteiger partial charge in [0.25, 0.3) is 0 Å². The molecule has 0 bridgehead atoms. The number of rotatable bonds is 3. The van der Waals surface area contributed by atoms with Crippen LogP contribution in [-0.2, 0) is 0 Å². The van der Waals surface area contributed by atoms with Gasteiger partial charge >= 0.3 is 0 Å². The Morgan fingerprint density at radius 2 is 1.93 bits per heavy atom. The van der Waals surface area contributed by atoms with Gasteiger partial charge in [-0.05, 0) is 70.9 Å². The number of fused-ring (bicyclic) bond motifs is 1. The molecule has 7 heteroatoms. The molecule has 0 saturated heterocycles. The molecule has 0 aliphatic heterocycles. The maximum absolute atomic E-state index is 10.3. The molecule has 2 N–H and O–H groups in total. The number of hydrogen-bond acceptors (Lipinski definition) is 5. The van der Waals surface area contributed by atoms with Crippen LogP contribution in [0.5, 0.6) is 11.5 Å². The van der Waals surface area contributed by atoms with Gasteiger partial charge in [0, 0.05) is 16.8 Å². The highest BCUT2D eigenvalue weighted by molar-refractivity contribution is 9.10. The number of aromatic hydroxyl groups is 2. The van der Waals surface area contributed by atoms with Gasteiger partial charge in [-0.15, -0.1) is 0 Å². The Balaban J connectivity index is 1.73. The van der Waals surface area contributed by atoms with Gasteiger partial charge in [0.05, 0.1) is 15.7 Å². The molecule has 1 aromatic heterocycles. The molecule has 0 spiro atoms. The van der Waals surface area contributed by atoms with Gasteiger partial charge in [-0.25, -0.2) is 4.98 Å². The molecule has 140 valence electrons. The van der Waals surface area contributed by atoms with Crippen molar-refractivity contribution in [2.24, 2.45) is 4.99 Å². The number of nitrogens with zero attached hydrogens (tertiary/aromatic N) is 2. The summed E-state index contributed by atoms with van der Waals surface area (Å²) in [5.74, 6) is 0.389. The van der Waals surface area contributed by atoms with Crippen molar-refractivity contribution in [2.75, 3.05) is 0 Å². The molecular formula is C21H14BrClN2O3. The standard InChI is InChI=1S/C21H14BrClN2O3/c1-11-2-5-19-17(6-11)25-21(28-19)15-9-14(3-4-18(15)26)24-10-12-7-13(23)8-16(22)20(12)27/h2-10,26-27H,1H3. The van der Waals surface area contributed by atoms with E-state index in [2.05, 4.69) is 25.9 Å². The molecule has 0 unspecified atom stereocenters. The summed E-state index contributed by atoms with van der Waals surface area (Å²) in [6.07, 6.45) is 1.50. The van der Waals surface area contributed by atoms with Gasteiger partial charge in [0.1, 0.15) is 17.0 Å². The molecule has 0 aliphatic carbocycles. The molecule has 0 amide bonds. The van der Waals surface area contributed by atoms with Gasteiger partial charge in [-0.1, -0.05) is 17.7 Å². The molecule has 28 heavy (non-hydrogen) atoms. The fourth-order valence-electron chi connectivity index (χ4n) is 2.76. The molecule has 3 aromatic carbocycles. The normalized spacial score (nSPS) is 11.5. The molecular weight excluding hydrogens is 444 g/mol. The fourth-order valence-corrected chi connectivity index (χ4v) is 3.59. The van der Waals surface area contributed by atoms with E-state index in [1.807, 2.05) is 25.1 Å². The van der Waals surface area contributed by atoms with E-state index in [1.54, 1.807) is 24.3 Å². The van der Waals surface area contributed by atoms with Crippen molar-refractivity contribution in [3.63, 3.8) is 0 Å². The molecule has 1 heterocycles. The van der Waals surface area contributed by atoms with Crippen molar-refractivity contribution in [3.8, 4) is 23.0 Å². The van der Waals surface area contributed by atoms with Crippen LogP contribution in [0, 0.1) is 6.92 Å². The zero-order chi connectivity index (χ0) is 19.8. The maximum Gasteiger partial charge on any atom is 0.231 e. The minimum absolute atomic E-state index is 0.0376. The molecule has 0 saturated carbocycles. The smallest absolute Gasteiger partial charge is 0.231 e. The van der Waals surface area contributed by atoms with Crippen LogP contribution in [0.15, 0.2) is 62.4 Å². The van der Waals surface area contributed by atoms with Crippen molar-refractivity contribution in [3.05, 3.63) is 69.2 Å². The first kappa shape index (κ1) is 18.5. The van der Waals surface area contributed by atoms with Crippen molar-refractivity contribution >= 4 is 50.5 Å². The maximum atomic E-state index is 10.3. The highest BCUT2D eigenvalue weighted by Crippen LogP contribution is 2.35. The Labute approximate surface area is 174 Å². The average Bonchev–Trinajstić information content (AvgIpc) is 3.07. The van der Waals surface area contributed by atoms with Gasteiger partial charge in [-0.3, -0.25) is 4.99 Å². The minimum atomic E-state index is 0.0376. The van der Waals surface area contributed by atoms with E-state index < -0.39 is 0 Å². The third-order valence-corrected chi connectivity index (χ3v) is 4.99. The van der Waals surface area contributed by atoms with Gasteiger partial charge in [0.2, 0.25) is 5.89 Å². The monoisotopic (exact) mass is 456 g/mol. The van der Waals surface area contributed by atoms with Crippen LogP contribution < -0.4 is 0 Å². The Bertz CT molecular complexity index is 1230. The largest absolute Gasteiger partial charge is 0.507 e. The zero-order valence-corrected chi connectivity index (χ0v) is 17.0.